The monoisotopic (exact) mass is 506 g/mol. The Kier molecular flexibility index (Phi) is 5.87. The van der Waals surface area contributed by atoms with Crippen LogP contribution in [-0.4, -0.2) is 32.4 Å². The Bertz CT molecular complexity index is 1780. The van der Waals surface area contributed by atoms with Crippen LogP contribution in [0.2, 0.25) is 5.02 Å². The second kappa shape index (κ2) is 9.48. The molecule has 7 heteroatoms. The number of halogens is 1. The highest BCUT2D eigenvalue weighted by Crippen LogP contribution is 2.36. The molecule has 6 rings (SSSR count). The Labute approximate surface area is 218 Å². The lowest BCUT2D eigenvalue weighted by Crippen LogP contribution is -1.98. The predicted molar refractivity (Wildman–Crippen MR) is 149 cm³/mol. The van der Waals surface area contributed by atoms with Crippen LogP contribution in [0, 0.1) is 0 Å². The van der Waals surface area contributed by atoms with E-state index >= 15 is 0 Å². The first kappa shape index (κ1) is 22.9. The molecule has 182 valence electrons. The molecule has 0 unspecified atom stereocenters. The number of phenolic OH excluding ortho intramolecular Hbond substituents is 1. The van der Waals surface area contributed by atoms with Crippen LogP contribution in [0.15, 0.2) is 102 Å². The lowest BCUT2D eigenvalue weighted by Gasteiger charge is -2.07. The number of hydrogen-bond acceptors (Lipinski definition) is 4. The molecule has 1 N–H and O–H groups in total. The first-order valence-corrected chi connectivity index (χ1v) is 12.2. The summed E-state index contributed by atoms with van der Waals surface area (Å²) in [5.41, 5.74) is 5.41. The smallest absolute Gasteiger partial charge is 0.165 e. The number of fused-ring (bicyclic) bond motifs is 2. The number of rotatable bonds is 6. The van der Waals surface area contributed by atoms with Gasteiger partial charge in [0.15, 0.2) is 17.3 Å². The summed E-state index contributed by atoms with van der Waals surface area (Å²) >= 11 is 6.45. The molecule has 0 bridgehead atoms. The number of ether oxygens (including phenoxy) is 1. The predicted octanol–water partition coefficient (Wildman–Crippen LogP) is 7.12. The fraction of sp³-hybridized carbons (Fsp3) is 0.0667. The Hall–Kier alpha value is -4.55. The van der Waals surface area contributed by atoms with Crippen LogP contribution in [0.1, 0.15) is 11.1 Å². The average Bonchev–Trinajstić information content (AvgIpc) is 3.47. The van der Waals surface area contributed by atoms with Gasteiger partial charge in [-0.25, -0.2) is 9.98 Å². The highest BCUT2D eigenvalue weighted by atomic mass is 35.5. The van der Waals surface area contributed by atoms with Gasteiger partial charge in [0.2, 0.25) is 0 Å². The minimum Gasteiger partial charge on any atom is -0.504 e. The maximum absolute atomic E-state index is 10.1. The summed E-state index contributed by atoms with van der Waals surface area (Å²) in [4.78, 5) is 9.77. The van der Waals surface area contributed by atoms with E-state index in [1.807, 2.05) is 77.5 Å². The molecule has 37 heavy (non-hydrogen) atoms. The Morgan fingerprint density at radius 2 is 1.81 bits per heavy atom. The minimum absolute atomic E-state index is 0.0754. The third kappa shape index (κ3) is 4.21. The van der Waals surface area contributed by atoms with Crippen molar-refractivity contribution in [1.29, 1.82) is 0 Å². The third-order valence-corrected chi connectivity index (χ3v) is 6.77. The number of aliphatic imine (C=N–C) groups is 1. The molecule has 0 fully saturated rings. The number of nitrogens with zero attached hydrogens (tertiary/aromatic N) is 4. The van der Waals surface area contributed by atoms with Gasteiger partial charge in [-0.2, -0.15) is 0 Å². The molecule has 3 aromatic carbocycles. The molecule has 0 aliphatic rings. The molecule has 6 nitrogen and oxygen atoms in total. The maximum Gasteiger partial charge on any atom is 0.165 e. The summed E-state index contributed by atoms with van der Waals surface area (Å²) in [6.07, 6.45) is 5.92. The summed E-state index contributed by atoms with van der Waals surface area (Å²) in [6, 6.07) is 27.2. The largest absolute Gasteiger partial charge is 0.504 e. The number of imidazole rings is 1. The van der Waals surface area contributed by atoms with Gasteiger partial charge in [0, 0.05) is 52.2 Å². The lowest BCUT2D eigenvalue weighted by molar-refractivity contribution is 0.373. The highest BCUT2D eigenvalue weighted by molar-refractivity contribution is 6.31. The van der Waals surface area contributed by atoms with Gasteiger partial charge in [-0.3, -0.25) is 4.40 Å². The number of para-hydroxylation sites is 1. The van der Waals surface area contributed by atoms with E-state index in [1.54, 1.807) is 12.1 Å². The van der Waals surface area contributed by atoms with Crippen molar-refractivity contribution >= 4 is 40.2 Å². The van der Waals surface area contributed by atoms with E-state index in [2.05, 4.69) is 22.9 Å². The Morgan fingerprint density at radius 1 is 1.00 bits per heavy atom. The van der Waals surface area contributed by atoms with Crippen molar-refractivity contribution in [2.75, 3.05) is 7.11 Å². The molecule has 0 saturated carbocycles. The number of aromatic nitrogens is 3. The fourth-order valence-electron chi connectivity index (χ4n) is 4.57. The lowest BCUT2D eigenvalue weighted by atomic mass is 10.1. The summed E-state index contributed by atoms with van der Waals surface area (Å²) in [5, 5.41) is 11.9. The van der Waals surface area contributed by atoms with E-state index in [0.29, 0.717) is 23.8 Å². The van der Waals surface area contributed by atoms with Crippen LogP contribution >= 0.6 is 11.6 Å². The zero-order chi connectivity index (χ0) is 25.4. The van der Waals surface area contributed by atoms with Gasteiger partial charge in [0.25, 0.3) is 0 Å². The van der Waals surface area contributed by atoms with Crippen molar-refractivity contribution in [2.24, 2.45) is 4.99 Å². The van der Waals surface area contributed by atoms with Crippen LogP contribution in [0.25, 0.3) is 27.8 Å². The van der Waals surface area contributed by atoms with Gasteiger partial charge in [0.05, 0.1) is 7.11 Å². The first-order valence-electron chi connectivity index (χ1n) is 11.8. The topological polar surface area (TPSA) is 64.0 Å². The number of benzene rings is 3. The molecule has 0 aliphatic heterocycles. The van der Waals surface area contributed by atoms with Crippen molar-refractivity contribution in [2.45, 2.75) is 6.54 Å². The molecule has 0 atom stereocenters. The van der Waals surface area contributed by atoms with Crippen molar-refractivity contribution in [3.05, 3.63) is 113 Å². The van der Waals surface area contributed by atoms with E-state index in [4.69, 9.17) is 26.3 Å². The average molecular weight is 507 g/mol. The van der Waals surface area contributed by atoms with E-state index in [9.17, 15) is 5.11 Å². The molecule has 0 amide bonds. The van der Waals surface area contributed by atoms with Gasteiger partial charge in [-0.05, 0) is 48.0 Å². The number of phenols is 1. The third-order valence-electron chi connectivity index (χ3n) is 6.40. The standard InChI is InChI=1S/C30H23ClN4O2/c1-37-27-16-20(13-14-26(27)36)29-30(35-15-7-6-12-28(35)33-29)32-17-22-19-34(25-11-5-3-9-23(22)25)18-21-8-2-4-10-24(21)31/h2-17,19,36H,18H2,1H3/b32-17+. The molecule has 3 heterocycles. The first-order chi connectivity index (χ1) is 18.1. The molecular formula is C30H23ClN4O2. The van der Waals surface area contributed by atoms with Crippen molar-refractivity contribution in [1.82, 2.24) is 14.0 Å². The second-order valence-electron chi connectivity index (χ2n) is 8.68. The SMILES string of the molecule is COc1cc(-c2nc3ccccn3c2/N=C/c2cn(Cc3ccccc3Cl)c3ccccc23)ccc1O. The Balaban J connectivity index is 1.46. The van der Waals surface area contributed by atoms with Crippen LogP contribution in [0.4, 0.5) is 5.82 Å². The zero-order valence-corrected chi connectivity index (χ0v) is 20.8. The van der Waals surface area contributed by atoms with Crippen LogP contribution in [0.3, 0.4) is 0 Å². The number of hydrogen-bond donors (Lipinski definition) is 1. The van der Waals surface area contributed by atoms with Gasteiger partial charge >= 0.3 is 0 Å². The molecule has 3 aromatic heterocycles. The molecule has 0 radical (unpaired) electrons. The van der Waals surface area contributed by atoms with Gasteiger partial charge in [-0.15, -0.1) is 0 Å². The van der Waals surface area contributed by atoms with Gasteiger partial charge in [-0.1, -0.05) is 54.1 Å². The van der Waals surface area contributed by atoms with E-state index in [-0.39, 0.29) is 5.75 Å². The van der Waals surface area contributed by atoms with Gasteiger partial charge < -0.3 is 14.4 Å². The number of aromatic hydroxyl groups is 1. The van der Waals surface area contributed by atoms with Gasteiger partial charge in [0.1, 0.15) is 11.3 Å². The number of methoxy groups -OCH3 is 1. The summed E-state index contributed by atoms with van der Waals surface area (Å²) in [5.74, 6) is 1.14. The summed E-state index contributed by atoms with van der Waals surface area (Å²) in [7, 11) is 1.53. The quantitative estimate of drug-likeness (QED) is 0.244. The van der Waals surface area contributed by atoms with Crippen molar-refractivity contribution in [3.63, 3.8) is 0 Å². The fourth-order valence-corrected chi connectivity index (χ4v) is 4.77. The highest BCUT2D eigenvalue weighted by Gasteiger charge is 2.16. The van der Waals surface area contributed by atoms with E-state index < -0.39 is 0 Å². The van der Waals surface area contributed by atoms with Crippen molar-refractivity contribution < 1.29 is 9.84 Å². The van der Waals surface area contributed by atoms with Crippen LogP contribution < -0.4 is 4.74 Å². The molecule has 0 saturated heterocycles. The molecule has 6 aromatic rings. The van der Waals surface area contributed by atoms with E-state index in [1.165, 1.54) is 7.11 Å². The Morgan fingerprint density at radius 3 is 2.68 bits per heavy atom. The van der Waals surface area contributed by atoms with Crippen LogP contribution in [-0.2, 0) is 6.54 Å². The zero-order valence-electron chi connectivity index (χ0n) is 20.0. The second-order valence-corrected chi connectivity index (χ2v) is 9.09. The molecule has 0 aliphatic carbocycles. The normalized spacial score (nSPS) is 11.6. The maximum atomic E-state index is 10.1. The number of pyridine rings is 1. The minimum atomic E-state index is 0.0754. The molecular weight excluding hydrogens is 484 g/mol. The molecule has 0 spiro atoms. The van der Waals surface area contributed by atoms with Crippen molar-refractivity contribution in [3.8, 4) is 22.8 Å². The van der Waals surface area contributed by atoms with Crippen LogP contribution in [0.5, 0.6) is 11.5 Å². The van der Waals surface area contributed by atoms with E-state index in [0.717, 1.165) is 38.3 Å². The summed E-state index contributed by atoms with van der Waals surface area (Å²) in [6.45, 7) is 0.655. The summed E-state index contributed by atoms with van der Waals surface area (Å²) < 4.78 is 9.47.